The normalized spacial score (nSPS) is 20.9. The second kappa shape index (κ2) is 5.92. The first-order valence-electron chi connectivity index (χ1n) is 9.74. The third-order valence-corrected chi connectivity index (χ3v) is 6.18. The molecule has 0 saturated carbocycles. The molecule has 0 bridgehead atoms. The molecule has 2 aliphatic rings. The van der Waals surface area contributed by atoms with Crippen LogP contribution in [0.2, 0.25) is 0 Å². The molecule has 1 heterocycles. The number of hydrogen-bond acceptors (Lipinski definition) is 4. The van der Waals surface area contributed by atoms with Gasteiger partial charge in [-0.15, -0.1) is 0 Å². The van der Waals surface area contributed by atoms with E-state index in [1.807, 2.05) is 19.9 Å². The lowest BCUT2D eigenvalue weighted by atomic mass is 9.86. The number of rotatable bonds is 2. The van der Waals surface area contributed by atoms with Gasteiger partial charge in [-0.1, -0.05) is 41.5 Å². The topological polar surface area (TPSA) is 47.9 Å². The highest BCUT2D eigenvalue weighted by Crippen LogP contribution is 2.56. The maximum atomic E-state index is 11.7. The minimum atomic E-state index is -1.29. The monoisotopic (exact) mass is 388 g/mol. The lowest BCUT2D eigenvalue weighted by Crippen LogP contribution is -2.40. The standard InChI is InChI=1S/C25H24O4/c1-14-6-8-16-19(12-14)23-18(10-11-25(27-4,28-5)29-23)22-21(16)17-9-7-15(2)13-20(17)24(22,3)26/h6-13,26H,1-5H3. The van der Waals surface area contributed by atoms with Gasteiger partial charge in [0.05, 0.1) is 0 Å². The predicted octanol–water partition coefficient (Wildman–Crippen LogP) is 5.05. The number of fused-ring (bicyclic) bond motifs is 8. The van der Waals surface area contributed by atoms with Crippen molar-refractivity contribution in [1.29, 1.82) is 0 Å². The lowest BCUT2D eigenvalue weighted by molar-refractivity contribution is -0.287. The number of ether oxygens (including phenoxy) is 3. The molecule has 5 rings (SSSR count). The van der Waals surface area contributed by atoms with Crippen LogP contribution < -0.4 is 4.74 Å². The number of aliphatic hydroxyl groups is 1. The molecule has 0 fully saturated rings. The molecule has 0 aromatic heterocycles. The minimum absolute atomic E-state index is 0.665. The Bertz CT molecular complexity index is 1200. The number of benzene rings is 3. The third kappa shape index (κ3) is 2.37. The van der Waals surface area contributed by atoms with Crippen LogP contribution in [0.5, 0.6) is 5.75 Å². The van der Waals surface area contributed by atoms with Gasteiger partial charge in [0, 0.05) is 36.8 Å². The average Bonchev–Trinajstić information content (AvgIpc) is 2.95. The molecule has 3 aromatic rings. The summed E-state index contributed by atoms with van der Waals surface area (Å²) < 4.78 is 17.3. The number of methoxy groups -OCH3 is 2. The lowest BCUT2D eigenvalue weighted by Gasteiger charge is -2.34. The zero-order valence-electron chi connectivity index (χ0n) is 17.3. The van der Waals surface area contributed by atoms with Crippen molar-refractivity contribution < 1.29 is 19.3 Å². The van der Waals surface area contributed by atoms with E-state index >= 15 is 0 Å². The van der Waals surface area contributed by atoms with E-state index in [0.29, 0.717) is 5.75 Å². The summed E-state index contributed by atoms with van der Waals surface area (Å²) in [6.07, 6.45) is 3.70. The zero-order valence-corrected chi connectivity index (χ0v) is 17.3. The van der Waals surface area contributed by atoms with E-state index in [4.69, 9.17) is 14.2 Å². The summed E-state index contributed by atoms with van der Waals surface area (Å²) in [6, 6.07) is 12.6. The Morgan fingerprint density at radius 2 is 1.62 bits per heavy atom. The van der Waals surface area contributed by atoms with Gasteiger partial charge >= 0.3 is 5.97 Å². The third-order valence-electron chi connectivity index (χ3n) is 6.18. The van der Waals surface area contributed by atoms with E-state index < -0.39 is 11.6 Å². The van der Waals surface area contributed by atoms with Gasteiger partial charge in [0.15, 0.2) is 0 Å². The summed E-state index contributed by atoms with van der Waals surface area (Å²) in [5.41, 5.74) is 5.90. The van der Waals surface area contributed by atoms with Gasteiger partial charge in [-0.3, -0.25) is 0 Å². The van der Waals surface area contributed by atoms with E-state index in [1.54, 1.807) is 20.3 Å². The van der Waals surface area contributed by atoms with E-state index in [1.165, 1.54) is 0 Å². The van der Waals surface area contributed by atoms with Crippen molar-refractivity contribution in [1.82, 2.24) is 0 Å². The first-order valence-corrected chi connectivity index (χ1v) is 9.74. The summed E-state index contributed by atoms with van der Waals surface area (Å²) in [5.74, 6) is -0.621. The summed E-state index contributed by atoms with van der Waals surface area (Å²) >= 11 is 0. The fraction of sp³-hybridized carbons (Fsp3) is 0.280. The second-order valence-electron chi connectivity index (χ2n) is 8.11. The molecule has 0 saturated heterocycles. The van der Waals surface area contributed by atoms with E-state index in [-0.39, 0.29) is 0 Å². The summed E-state index contributed by atoms with van der Waals surface area (Å²) in [5, 5.41) is 13.7. The maximum Gasteiger partial charge on any atom is 0.348 e. The van der Waals surface area contributed by atoms with Gasteiger partial charge in [0.1, 0.15) is 11.4 Å². The second-order valence-corrected chi connectivity index (χ2v) is 8.11. The highest BCUT2D eigenvalue weighted by molar-refractivity contribution is 6.08. The quantitative estimate of drug-likeness (QED) is 0.625. The Morgan fingerprint density at radius 1 is 0.931 bits per heavy atom. The Morgan fingerprint density at radius 3 is 2.34 bits per heavy atom. The maximum absolute atomic E-state index is 11.7. The van der Waals surface area contributed by atoms with Crippen LogP contribution in [0.25, 0.3) is 28.0 Å². The molecule has 29 heavy (non-hydrogen) atoms. The molecule has 1 unspecified atom stereocenters. The van der Waals surface area contributed by atoms with Crippen LogP contribution >= 0.6 is 0 Å². The summed E-state index contributed by atoms with van der Waals surface area (Å²) in [6.45, 7) is 5.97. The van der Waals surface area contributed by atoms with Crippen molar-refractivity contribution in [2.45, 2.75) is 32.3 Å². The largest absolute Gasteiger partial charge is 0.435 e. The van der Waals surface area contributed by atoms with Gasteiger partial charge in [-0.05, 0) is 55.0 Å². The van der Waals surface area contributed by atoms with Crippen LogP contribution in [-0.2, 0) is 15.1 Å². The summed E-state index contributed by atoms with van der Waals surface area (Å²) in [7, 11) is 3.10. The SMILES string of the molecule is COC1(OC)C=Cc2c3c(c4ccc(C)cc4c2O1)-c1ccc(C)cc1C3(C)O. The number of hydrogen-bond donors (Lipinski definition) is 1. The summed E-state index contributed by atoms with van der Waals surface area (Å²) in [4.78, 5) is 0. The van der Waals surface area contributed by atoms with Crippen molar-refractivity contribution in [3.63, 3.8) is 0 Å². The molecule has 1 N–H and O–H groups in total. The molecular weight excluding hydrogens is 364 g/mol. The van der Waals surface area contributed by atoms with Crippen LogP contribution in [0, 0.1) is 13.8 Å². The smallest absolute Gasteiger partial charge is 0.348 e. The molecule has 1 aliphatic heterocycles. The first-order chi connectivity index (χ1) is 13.8. The first kappa shape index (κ1) is 18.4. The number of aryl methyl sites for hydroxylation is 2. The molecule has 1 atom stereocenters. The highest BCUT2D eigenvalue weighted by atomic mass is 16.9. The molecule has 0 amide bonds. The molecule has 4 heteroatoms. The molecule has 1 aliphatic carbocycles. The predicted molar refractivity (Wildman–Crippen MR) is 114 cm³/mol. The molecule has 3 aromatic carbocycles. The van der Waals surface area contributed by atoms with Crippen LogP contribution in [0.4, 0.5) is 0 Å². The molecule has 148 valence electrons. The van der Waals surface area contributed by atoms with Gasteiger partial charge in [0.25, 0.3) is 0 Å². The van der Waals surface area contributed by atoms with E-state index in [2.05, 4.69) is 43.3 Å². The molecule has 4 nitrogen and oxygen atoms in total. The Kier molecular flexibility index (Phi) is 3.75. The van der Waals surface area contributed by atoms with Gasteiger partial charge < -0.3 is 19.3 Å². The fourth-order valence-corrected chi connectivity index (χ4v) is 4.72. The van der Waals surface area contributed by atoms with Crippen molar-refractivity contribution in [2.24, 2.45) is 0 Å². The van der Waals surface area contributed by atoms with Crippen LogP contribution in [0.15, 0.2) is 42.5 Å². The molecule has 0 spiro atoms. The molecular formula is C25H24O4. The Balaban J connectivity index is 1.94. The van der Waals surface area contributed by atoms with Gasteiger partial charge in [0.2, 0.25) is 0 Å². The van der Waals surface area contributed by atoms with E-state index in [0.717, 1.165) is 49.7 Å². The fourth-order valence-electron chi connectivity index (χ4n) is 4.72. The molecule has 0 radical (unpaired) electrons. The van der Waals surface area contributed by atoms with Crippen LogP contribution in [0.1, 0.15) is 34.7 Å². The van der Waals surface area contributed by atoms with Crippen molar-refractivity contribution >= 4 is 16.8 Å². The Hall–Kier alpha value is -2.66. The Labute approximate surface area is 170 Å². The van der Waals surface area contributed by atoms with E-state index in [9.17, 15) is 5.11 Å². The van der Waals surface area contributed by atoms with Gasteiger partial charge in [-0.25, -0.2) is 0 Å². The van der Waals surface area contributed by atoms with Crippen molar-refractivity contribution in [3.05, 3.63) is 70.3 Å². The zero-order chi connectivity index (χ0) is 20.6. The van der Waals surface area contributed by atoms with Crippen molar-refractivity contribution in [2.75, 3.05) is 14.2 Å². The minimum Gasteiger partial charge on any atom is -0.435 e. The van der Waals surface area contributed by atoms with Gasteiger partial charge in [-0.2, -0.15) is 0 Å². The van der Waals surface area contributed by atoms with Crippen LogP contribution in [0.3, 0.4) is 0 Å². The highest BCUT2D eigenvalue weighted by Gasteiger charge is 2.44. The van der Waals surface area contributed by atoms with Crippen LogP contribution in [-0.4, -0.2) is 25.3 Å². The van der Waals surface area contributed by atoms with Crippen molar-refractivity contribution in [3.8, 4) is 16.9 Å². The average molecular weight is 388 g/mol.